The zero-order chi connectivity index (χ0) is 31.9. The molecule has 0 aliphatic carbocycles. The van der Waals surface area contributed by atoms with E-state index in [0.717, 1.165) is 0 Å². The molecule has 20 atom stereocenters. The Morgan fingerprint density at radius 2 is 0.884 bits per heavy atom. The third-order valence-electron chi connectivity index (χ3n) is 8.30. The first-order valence-electron chi connectivity index (χ1n) is 14.1. The van der Waals surface area contributed by atoms with E-state index in [2.05, 4.69) is 0 Å². The Morgan fingerprint density at radius 3 is 1.47 bits per heavy atom. The van der Waals surface area contributed by atoms with Crippen molar-refractivity contribution < 1.29 is 89.0 Å². The molecule has 4 heterocycles. The third kappa shape index (κ3) is 7.02. The summed E-state index contributed by atoms with van der Waals surface area (Å²) in [5, 5.41) is 104. The second-order valence-electron chi connectivity index (χ2n) is 11.3. The van der Waals surface area contributed by atoms with Gasteiger partial charge < -0.3 is 89.0 Å². The van der Waals surface area contributed by atoms with Gasteiger partial charge in [-0.05, 0) is 20.8 Å². The smallest absolute Gasteiger partial charge is 0.187 e. The van der Waals surface area contributed by atoms with Crippen molar-refractivity contribution >= 4 is 0 Å². The van der Waals surface area contributed by atoms with Crippen molar-refractivity contribution in [2.24, 2.45) is 0 Å². The molecule has 0 aromatic carbocycles. The Bertz CT molecular complexity index is 883. The summed E-state index contributed by atoms with van der Waals surface area (Å²) in [7, 11) is 1.27. The van der Waals surface area contributed by atoms with E-state index >= 15 is 0 Å². The largest absolute Gasteiger partial charge is 0.394 e. The van der Waals surface area contributed by atoms with Crippen LogP contribution < -0.4 is 0 Å². The fourth-order valence-corrected chi connectivity index (χ4v) is 5.52. The van der Waals surface area contributed by atoms with Crippen LogP contribution >= 0.6 is 0 Å². The molecule has 4 aliphatic rings. The highest BCUT2D eigenvalue weighted by atomic mass is 16.8. The van der Waals surface area contributed by atoms with Crippen LogP contribution in [0.15, 0.2) is 0 Å². The standard InChI is InChI=1S/C25H44O18/c1-6-10(27)14(31)16(33)23(38-6)43-21-20(42-24-17(34)15(32)13(30)9(5-26)40-24)12(29)8(3)39-25(21)41-19-11(28)7(2)37-22(36-4)18(19)35/h6-35H,5H2,1-4H3/t6-,7-,8-,9+,10-,11-,12-,13+,14+,15-,16+,17+,18+,19+,20+,21+,22+,23-,24+,25-/m0/s1. The molecule has 0 radical (unpaired) electrons. The number of aliphatic hydroxyl groups excluding tert-OH is 10. The van der Waals surface area contributed by atoms with Gasteiger partial charge in [-0.3, -0.25) is 0 Å². The Kier molecular flexibility index (Phi) is 11.7. The van der Waals surface area contributed by atoms with Crippen LogP contribution in [-0.4, -0.2) is 188 Å². The summed E-state index contributed by atoms with van der Waals surface area (Å²) in [6, 6.07) is 0. The minimum Gasteiger partial charge on any atom is -0.394 e. The lowest BCUT2D eigenvalue weighted by Gasteiger charge is -2.50. The maximum absolute atomic E-state index is 11.1. The van der Waals surface area contributed by atoms with E-state index in [9.17, 15) is 51.1 Å². The number of methoxy groups -OCH3 is 1. The average molecular weight is 633 g/mol. The normalized spacial score (nSPS) is 54.8. The number of rotatable bonds is 8. The summed E-state index contributed by atoms with van der Waals surface area (Å²) < 4.78 is 45.2. The summed E-state index contributed by atoms with van der Waals surface area (Å²) in [4.78, 5) is 0. The second-order valence-corrected chi connectivity index (χ2v) is 11.3. The molecule has 0 aromatic heterocycles. The summed E-state index contributed by atoms with van der Waals surface area (Å²) >= 11 is 0. The SMILES string of the molecule is CO[C@@H]1O[C@@H](C)[C@H](O)[C@@H](O[C@@H]2O[C@@H](C)[C@H](O)[C@@H](O[C@H]3O[C@H](CO)[C@@H](O)[C@H](O)[C@H]3O)[C@H]2O[C@@H]2O[C@@H](C)[C@H](O)[C@@H](O)[C@H]2O)[C@H]1O. The molecule has 10 N–H and O–H groups in total. The molecule has 0 bridgehead atoms. The number of ether oxygens (including phenoxy) is 8. The highest BCUT2D eigenvalue weighted by Gasteiger charge is 2.55. The molecular weight excluding hydrogens is 588 g/mol. The van der Waals surface area contributed by atoms with E-state index in [0.29, 0.717) is 0 Å². The van der Waals surface area contributed by atoms with Gasteiger partial charge in [-0.1, -0.05) is 0 Å². The maximum atomic E-state index is 11.1. The van der Waals surface area contributed by atoms with Gasteiger partial charge in [0.25, 0.3) is 0 Å². The predicted molar refractivity (Wildman–Crippen MR) is 134 cm³/mol. The molecule has 0 spiro atoms. The van der Waals surface area contributed by atoms with Crippen molar-refractivity contribution in [2.75, 3.05) is 13.7 Å². The quantitative estimate of drug-likeness (QED) is 0.119. The van der Waals surface area contributed by atoms with E-state index in [1.165, 1.54) is 27.9 Å². The minimum absolute atomic E-state index is 0.762. The molecule has 18 heteroatoms. The summed E-state index contributed by atoms with van der Waals surface area (Å²) in [6.07, 6.45) is -30.3. The number of hydrogen-bond acceptors (Lipinski definition) is 18. The van der Waals surface area contributed by atoms with E-state index in [1.807, 2.05) is 0 Å². The first kappa shape index (κ1) is 35.1. The predicted octanol–water partition coefficient (Wildman–Crippen LogP) is -6.01. The Balaban J connectivity index is 1.66. The van der Waals surface area contributed by atoms with E-state index in [4.69, 9.17) is 37.9 Å². The van der Waals surface area contributed by atoms with Crippen LogP contribution in [0.25, 0.3) is 0 Å². The monoisotopic (exact) mass is 632 g/mol. The fourth-order valence-electron chi connectivity index (χ4n) is 5.52. The molecule has 18 nitrogen and oxygen atoms in total. The van der Waals surface area contributed by atoms with Crippen molar-refractivity contribution in [3.8, 4) is 0 Å². The van der Waals surface area contributed by atoms with Gasteiger partial charge in [-0.2, -0.15) is 0 Å². The maximum Gasteiger partial charge on any atom is 0.187 e. The first-order valence-corrected chi connectivity index (χ1v) is 14.1. The van der Waals surface area contributed by atoms with Gasteiger partial charge in [0.05, 0.1) is 24.9 Å². The average Bonchev–Trinajstić information content (AvgIpc) is 2.98. The third-order valence-corrected chi connectivity index (χ3v) is 8.30. The molecule has 43 heavy (non-hydrogen) atoms. The molecule has 0 saturated carbocycles. The van der Waals surface area contributed by atoms with Crippen LogP contribution in [0.4, 0.5) is 0 Å². The topological polar surface area (TPSA) is 276 Å². The van der Waals surface area contributed by atoms with Gasteiger partial charge in [-0.15, -0.1) is 0 Å². The lowest BCUT2D eigenvalue weighted by atomic mass is 9.95. The van der Waals surface area contributed by atoms with Crippen LogP contribution in [-0.2, 0) is 37.9 Å². The van der Waals surface area contributed by atoms with Crippen molar-refractivity contribution in [2.45, 2.75) is 144 Å². The van der Waals surface area contributed by atoms with E-state index < -0.39 is 129 Å². The van der Waals surface area contributed by atoms with Crippen LogP contribution in [0.5, 0.6) is 0 Å². The van der Waals surface area contributed by atoms with Gasteiger partial charge >= 0.3 is 0 Å². The minimum atomic E-state index is -1.88. The van der Waals surface area contributed by atoms with Crippen LogP contribution in [0.2, 0.25) is 0 Å². The zero-order valence-corrected chi connectivity index (χ0v) is 24.0. The first-order chi connectivity index (χ1) is 20.2. The molecule has 4 aliphatic heterocycles. The molecule has 252 valence electrons. The highest BCUT2D eigenvalue weighted by molar-refractivity contribution is 4.97. The molecule has 4 rings (SSSR count). The van der Waals surface area contributed by atoms with Crippen molar-refractivity contribution in [1.29, 1.82) is 0 Å². The van der Waals surface area contributed by atoms with Crippen LogP contribution in [0.3, 0.4) is 0 Å². The van der Waals surface area contributed by atoms with Gasteiger partial charge in [-0.25, -0.2) is 0 Å². The van der Waals surface area contributed by atoms with Crippen molar-refractivity contribution in [1.82, 2.24) is 0 Å². The Labute approximate surface area is 246 Å². The van der Waals surface area contributed by atoms with Crippen LogP contribution in [0.1, 0.15) is 20.8 Å². The number of aliphatic hydroxyl groups is 10. The van der Waals surface area contributed by atoms with Gasteiger partial charge in [0.15, 0.2) is 25.2 Å². The Morgan fingerprint density at radius 1 is 0.442 bits per heavy atom. The van der Waals surface area contributed by atoms with Crippen molar-refractivity contribution in [3.63, 3.8) is 0 Å². The molecular formula is C25H44O18. The highest BCUT2D eigenvalue weighted by Crippen LogP contribution is 2.35. The van der Waals surface area contributed by atoms with Crippen LogP contribution in [0, 0.1) is 0 Å². The van der Waals surface area contributed by atoms with Gasteiger partial charge in [0, 0.05) is 7.11 Å². The molecule has 4 fully saturated rings. The summed E-state index contributed by atoms with van der Waals surface area (Å²) in [5.41, 5.74) is 0. The lowest BCUT2D eigenvalue weighted by Crippen LogP contribution is -2.67. The zero-order valence-electron chi connectivity index (χ0n) is 24.0. The van der Waals surface area contributed by atoms with E-state index in [-0.39, 0.29) is 0 Å². The summed E-state index contributed by atoms with van der Waals surface area (Å²) in [5.74, 6) is 0. The summed E-state index contributed by atoms with van der Waals surface area (Å²) in [6.45, 7) is 3.57. The van der Waals surface area contributed by atoms with Gasteiger partial charge in [0.2, 0.25) is 0 Å². The molecule has 0 amide bonds. The molecule has 0 unspecified atom stereocenters. The van der Waals surface area contributed by atoms with E-state index in [1.54, 1.807) is 0 Å². The van der Waals surface area contributed by atoms with Crippen molar-refractivity contribution in [3.05, 3.63) is 0 Å². The molecule has 0 aromatic rings. The molecule has 4 saturated heterocycles. The fraction of sp³-hybridized carbons (Fsp3) is 1.00. The second kappa shape index (κ2) is 14.4. The number of hydrogen-bond donors (Lipinski definition) is 10. The van der Waals surface area contributed by atoms with Gasteiger partial charge in [0.1, 0.15) is 79.4 Å². The Hall–Kier alpha value is -0.720. The lowest BCUT2D eigenvalue weighted by molar-refractivity contribution is -0.402.